The van der Waals surface area contributed by atoms with Crippen LogP contribution in [0.15, 0.2) is 0 Å². The van der Waals surface area contributed by atoms with E-state index in [0.29, 0.717) is 5.41 Å². The molecule has 1 N–H and O–H groups in total. The summed E-state index contributed by atoms with van der Waals surface area (Å²) >= 11 is 0. The highest BCUT2D eigenvalue weighted by Crippen LogP contribution is 2.49. The molecule has 0 amide bonds. The van der Waals surface area contributed by atoms with Crippen LogP contribution < -0.4 is 5.32 Å². The standard InChI is InChI=1S/C14H27N/c1-4-10-15-13(11-7-8-11)12-6-5-9-14(12,2)3/h11-13,15H,4-10H2,1-3H3. The van der Waals surface area contributed by atoms with Gasteiger partial charge in [0.2, 0.25) is 0 Å². The maximum atomic E-state index is 3.83. The Bertz CT molecular complexity index is 205. The molecule has 0 saturated heterocycles. The highest BCUT2D eigenvalue weighted by Gasteiger charge is 2.44. The highest BCUT2D eigenvalue weighted by molar-refractivity contribution is 4.98. The highest BCUT2D eigenvalue weighted by atomic mass is 14.9. The first kappa shape index (κ1) is 11.4. The van der Waals surface area contributed by atoms with Crippen molar-refractivity contribution < 1.29 is 0 Å². The minimum absolute atomic E-state index is 0.591. The van der Waals surface area contributed by atoms with Crippen LogP contribution in [-0.4, -0.2) is 12.6 Å². The number of hydrogen-bond acceptors (Lipinski definition) is 1. The third-order valence-corrected chi connectivity index (χ3v) is 4.53. The Balaban J connectivity index is 1.97. The van der Waals surface area contributed by atoms with Gasteiger partial charge in [0.15, 0.2) is 0 Å². The molecule has 0 heterocycles. The third-order valence-electron chi connectivity index (χ3n) is 4.53. The van der Waals surface area contributed by atoms with Gasteiger partial charge in [0.05, 0.1) is 0 Å². The van der Waals surface area contributed by atoms with Gasteiger partial charge in [0.25, 0.3) is 0 Å². The summed E-state index contributed by atoms with van der Waals surface area (Å²) in [5.74, 6) is 1.95. The summed E-state index contributed by atoms with van der Waals surface area (Å²) in [5.41, 5.74) is 0.591. The van der Waals surface area contributed by atoms with Crippen molar-refractivity contribution in [3.05, 3.63) is 0 Å². The molecule has 0 spiro atoms. The zero-order chi connectivity index (χ0) is 10.9. The summed E-state index contributed by atoms with van der Waals surface area (Å²) in [4.78, 5) is 0. The summed E-state index contributed by atoms with van der Waals surface area (Å²) < 4.78 is 0. The van der Waals surface area contributed by atoms with Crippen molar-refractivity contribution in [2.24, 2.45) is 17.3 Å². The van der Waals surface area contributed by atoms with Crippen molar-refractivity contribution in [2.75, 3.05) is 6.54 Å². The van der Waals surface area contributed by atoms with Crippen LogP contribution in [0.1, 0.15) is 59.3 Å². The van der Waals surface area contributed by atoms with E-state index in [1.54, 1.807) is 0 Å². The van der Waals surface area contributed by atoms with Gasteiger partial charge < -0.3 is 5.32 Å². The Hall–Kier alpha value is -0.0400. The van der Waals surface area contributed by atoms with Crippen LogP contribution in [0.3, 0.4) is 0 Å². The van der Waals surface area contributed by atoms with E-state index in [-0.39, 0.29) is 0 Å². The van der Waals surface area contributed by atoms with Crippen molar-refractivity contribution in [2.45, 2.75) is 65.3 Å². The number of hydrogen-bond donors (Lipinski definition) is 1. The zero-order valence-corrected chi connectivity index (χ0v) is 10.7. The minimum Gasteiger partial charge on any atom is -0.313 e. The van der Waals surface area contributed by atoms with Crippen LogP contribution in [0, 0.1) is 17.3 Å². The molecule has 88 valence electrons. The quantitative estimate of drug-likeness (QED) is 0.729. The lowest BCUT2D eigenvalue weighted by molar-refractivity contribution is 0.182. The lowest BCUT2D eigenvalue weighted by atomic mass is 9.76. The fourth-order valence-electron chi connectivity index (χ4n) is 3.42. The fourth-order valence-corrected chi connectivity index (χ4v) is 3.42. The molecule has 0 aromatic heterocycles. The van der Waals surface area contributed by atoms with Crippen molar-refractivity contribution in [1.82, 2.24) is 5.32 Å². The van der Waals surface area contributed by atoms with Gasteiger partial charge in [-0.2, -0.15) is 0 Å². The maximum Gasteiger partial charge on any atom is 0.0129 e. The Morgan fingerprint density at radius 3 is 2.47 bits per heavy atom. The number of nitrogens with one attached hydrogen (secondary N) is 1. The van der Waals surface area contributed by atoms with Crippen LogP contribution in [0.4, 0.5) is 0 Å². The lowest BCUT2D eigenvalue weighted by Crippen LogP contribution is -2.42. The van der Waals surface area contributed by atoms with Gasteiger partial charge in [-0.3, -0.25) is 0 Å². The second-order valence-corrected chi connectivity index (χ2v) is 6.30. The molecule has 2 aliphatic rings. The van der Waals surface area contributed by atoms with Crippen LogP contribution in [0.2, 0.25) is 0 Å². The minimum atomic E-state index is 0.591. The van der Waals surface area contributed by atoms with Gasteiger partial charge in [-0.1, -0.05) is 27.2 Å². The van der Waals surface area contributed by atoms with Crippen molar-refractivity contribution in [1.29, 1.82) is 0 Å². The molecule has 0 radical (unpaired) electrons. The largest absolute Gasteiger partial charge is 0.313 e. The summed E-state index contributed by atoms with van der Waals surface area (Å²) in [7, 11) is 0. The van der Waals surface area contributed by atoms with E-state index < -0.39 is 0 Å². The number of rotatable bonds is 5. The second kappa shape index (κ2) is 4.45. The van der Waals surface area contributed by atoms with Gasteiger partial charge in [0, 0.05) is 6.04 Å². The van der Waals surface area contributed by atoms with Crippen LogP contribution >= 0.6 is 0 Å². The topological polar surface area (TPSA) is 12.0 Å². The molecular formula is C14H27N. The van der Waals surface area contributed by atoms with Crippen LogP contribution in [0.5, 0.6) is 0 Å². The summed E-state index contributed by atoms with van der Waals surface area (Å²) in [6.07, 6.45) is 8.59. The summed E-state index contributed by atoms with van der Waals surface area (Å²) in [6.45, 7) is 8.45. The van der Waals surface area contributed by atoms with E-state index in [0.717, 1.165) is 17.9 Å². The Morgan fingerprint density at radius 2 is 2.00 bits per heavy atom. The SMILES string of the molecule is CCCNC(C1CC1)C1CCCC1(C)C. The van der Waals surface area contributed by atoms with E-state index in [1.165, 1.54) is 45.1 Å². The summed E-state index contributed by atoms with van der Waals surface area (Å²) in [6, 6.07) is 0.836. The Morgan fingerprint density at radius 1 is 1.27 bits per heavy atom. The van der Waals surface area contributed by atoms with Crippen molar-refractivity contribution in [3.8, 4) is 0 Å². The van der Waals surface area contributed by atoms with Gasteiger partial charge in [-0.25, -0.2) is 0 Å². The average molecular weight is 209 g/mol. The monoisotopic (exact) mass is 209 g/mol. The second-order valence-electron chi connectivity index (χ2n) is 6.30. The first-order chi connectivity index (χ1) is 7.15. The molecule has 0 bridgehead atoms. The first-order valence-electron chi connectivity index (χ1n) is 6.88. The van der Waals surface area contributed by atoms with Crippen molar-refractivity contribution >= 4 is 0 Å². The molecule has 2 unspecified atom stereocenters. The fraction of sp³-hybridized carbons (Fsp3) is 1.00. The summed E-state index contributed by atoms with van der Waals surface area (Å²) in [5, 5.41) is 3.83. The van der Waals surface area contributed by atoms with E-state index in [4.69, 9.17) is 0 Å². The Labute approximate surface area is 95.0 Å². The molecule has 0 aromatic carbocycles. The lowest BCUT2D eigenvalue weighted by Gasteiger charge is -2.35. The van der Waals surface area contributed by atoms with Crippen LogP contribution in [0.25, 0.3) is 0 Å². The Kier molecular flexibility index (Phi) is 3.39. The molecule has 2 rings (SSSR count). The molecule has 2 fully saturated rings. The maximum absolute atomic E-state index is 3.83. The molecule has 2 aliphatic carbocycles. The normalized spacial score (nSPS) is 31.8. The van der Waals surface area contributed by atoms with Crippen LogP contribution in [-0.2, 0) is 0 Å². The predicted octanol–water partition coefficient (Wildman–Crippen LogP) is 3.59. The molecule has 0 aromatic rings. The van der Waals surface area contributed by atoms with E-state index >= 15 is 0 Å². The molecule has 15 heavy (non-hydrogen) atoms. The van der Waals surface area contributed by atoms with Gasteiger partial charge >= 0.3 is 0 Å². The van der Waals surface area contributed by atoms with Gasteiger partial charge in [-0.15, -0.1) is 0 Å². The van der Waals surface area contributed by atoms with E-state index in [9.17, 15) is 0 Å². The first-order valence-corrected chi connectivity index (χ1v) is 6.88. The molecule has 2 saturated carbocycles. The molecule has 1 heteroatoms. The predicted molar refractivity (Wildman–Crippen MR) is 65.9 cm³/mol. The van der Waals surface area contributed by atoms with E-state index in [1.807, 2.05) is 0 Å². The van der Waals surface area contributed by atoms with Gasteiger partial charge in [0.1, 0.15) is 0 Å². The third kappa shape index (κ3) is 2.55. The average Bonchev–Trinajstić information content (AvgIpc) is 2.94. The zero-order valence-electron chi connectivity index (χ0n) is 10.7. The molecule has 0 aliphatic heterocycles. The molecule has 1 nitrogen and oxygen atoms in total. The molecule has 2 atom stereocenters. The smallest absolute Gasteiger partial charge is 0.0129 e. The van der Waals surface area contributed by atoms with Gasteiger partial charge in [-0.05, 0) is 55.9 Å². The van der Waals surface area contributed by atoms with Crippen molar-refractivity contribution in [3.63, 3.8) is 0 Å². The van der Waals surface area contributed by atoms with E-state index in [2.05, 4.69) is 26.1 Å². The molecular weight excluding hydrogens is 182 g/mol.